The zero-order valence-electron chi connectivity index (χ0n) is 13.6. The second-order valence-corrected chi connectivity index (χ2v) is 7.90. The van der Waals surface area contributed by atoms with Gasteiger partial charge in [-0.25, -0.2) is 0 Å². The molecule has 0 aliphatic heterocycles. The molecule has 4 heteroatoms. The number of nitrogens with zero attached hydrogens (tertiary/aromatic N) is 1. The molecule has 0 atom stereocenters. The lowest BCUT2D eigenvalue weighted by Crippen LogP contribution is -2.31. The topological polar surface area (TPSA) is 34.1 Å². The lowest BCUT2D eigenvalue weighted by atomic mass is 9.71. The first-order chi connectivity index (χ1) is 9.91. The minimum atomic E-state index is 0.438. The van der Waals surface area contributed by atoms with Crippen LogP contribution in [0, 0.1) is 11.3 Å². The van der Waals surface area contributed by atoms with Crippen LogP contribution in [0.2, 0.25) is 0 Å². The first-order valence-corrected chi connectivity index (χ1v) is 8.60. The maximum Gasteiger partial charge on any atom is 0.0896 e. The largest absolute Gasteiger partial charge is 0.381 e. The van der Waals surface area contributed by atoms with Crippen LogP contribution in [0.5, 0.6) is 0 Å². The predicted octanol–water partition coefficient (Wildman–Crippen LogP) is 5.01. The van der Waals surface area contributed by atoms with Gasteiger partial charge in [0.1, 0.15) is 0 Å². The highest BCUT2D eigenvalue weighted by Gasteiger charge is 2.29. The Balaban J connectivity index is 1.96. The molecule has 0 saturated heterocycles. The summed E-state index contributed by atoms with van der Waals surface area (Å²) in [5.74, 6) is 0.848. The highest BCUT2D eigenvalue weighted by Crippen LogP contribution is 2.39. The molecule has 2 rings (SSSR count). The highest BCUT2D eigenvalue weighted by atomic mass is 79.9. The lowest BCUT2D eigenvalue weighted by Gasteiger charge is -2.37. The summed E-state index contributed by atoms with van der Waals surface area (Å²) in [5.41, 5.74) is 2.52. The van der Waals surface area contributed by atoms with Gasteiger partial charge in [-0.2, -0.15) is 0 Å². The van der Waals surface area contributed by atoms with Crippen LogP contribution in [0.4, 0.5) is 5.69 Å². The third kappa shape index (κ3) is 4.43. The van der Waals surface area contributed by atoms with Gasteiger partial charge < -0.3 is 10.1 Å². The second-order valence-electron chi connectivity index (χ2n) is 7.11. The summed E-state index contributed by atoms with van der Waals surface area (Å²) in [6.45, 7) is 7.62. The van der Waals surface area contributed by atoms with Gasteiger partial charge in [0.2, 0.25) is 0 Å². The Morgan fingerprint density at radius 1 is 1.29 bits per heavy atom. The van der Waals surface area contributed by atoms with Crippen LogP contribution in [0.3, 0.4) is 0 Å². The van der Waals surface area contributed by atoms with E-state index < -0.39 is 0 Å². The number of aromatic nitrogens is 1. The van der Waals surface area contributed by atoms with Crippen molar-refractivity contribution in [2.75, 3.05) is 12.4 Å². The fraction of sp³-hybridized carbons (Fsp3) is 0.706. The molecule has 0 aromatic carbocycles. The molecule has 1 aromatic rings. The summed E-state index contributed by atoms with van der Waals surface area (Å²) >= 11 is 3.65. The van der Waals surface area contributed by atoms with Gasteiger partial charge >= 0.3 is 0 Å². The Morgan fingerprint density at radius 2 is 1.95 bits per heavy atom. The molecule has 118 valence electrons. The number of anilines is 1. The van der Waals surface area contributed by atoms with Crippen molar-refractivity contribution in [3.63, 3.8) is 0 Å². The molecule has 1 heterocycles. The Labute approximate surface area is 137 Å². The molecule has 0 amide bonds. The molecule has 21 heavy (non-hydrogen) atoms. The van der Waals surface area contributed by atoms with Crippen molar-refractivity contribution < 1.29 is 4.74 Å². The van der Waals surface area contributed by atoms with Gasteiger partial charge in [-0.1, -0.05) is 20.8 Å². The Kier molecular flexibility index (Phi) is 5.67. The molecule has 0 unspecified atom stereocenters. The Morgan fingerprint density at radius 3 is 2.52 bits per heavy atom. The fourth-order valence-corrected chi connectivity index (χ4v) is 3.62. The van der Waals surface area contributed by atoms with Gasteiger partial charge in [0, 0.05) is 19.3 Å². The van der Waals surface area contributed by atoms with E-state index in [1.165, 1.54) is 25.7 Å². The fourth-order valence-electron chi connectivity index (χ4n) is 3.16. The van der Waals surface area contributed by atoms with Crippen LogP contribution in [0.1, 0.15) is 52.1 Å². The third-order valence-electron chi connectivity index (χ3n) is 4.55. The van der Waals surface area contributed by atoms with Crippen LogP contribution in [0.15, 0.2) is 16.7 Å². The van der Waals surface area contributed by atoms with E-state index in [1.54, 1.807) is 7.11 Å². The van der Waals surface area contributed by atoms with Crippen LogP contribution in [0.25, 0.3) is 0 Å². The van der Waals surface area contributed by atoms with E-state index in [0.29, 0.717) is 18.1 Å². The van der Waals surface area contributed by atoms with Crippen molar-refractivity contribution in [2.24, 2.45) is 11.3 Å². The molecule has 0 spiro atoms. The SMILES string of the molecule is COCc1nccc(N[C@H]2CC[C@@H](C(C)(C)C)CC2)c1Br. The van der Waals surface area contributed by atoms with Crippen molar-refractivity contribution >= 4 is 21.6 Å². The quantitative estimate of drug-likeness (QED) is 0.825. The lowest BCUT2D eigenvalue weighted by molar-refractivity contribution is 0.173. The summed E-state index contributed by atoms with van der Waals surface area (Å²) < 4.78 is 6.22. The standard InChI is InChI=1S/C17H27BrN2O/c1-17(2,3)12-5-7-13(8-6-12)20-14-9-10-19-15(11-21-4)16(14)18/h9-10,12-13H,5-8,11H2,1-4H3,(H,19,20)/t12-,13+. The van der Waals surface area contributed by atoms with Gasteiger partial charge in [0.25, 0.3) is 0 Å². The summed E-state index contributed by atoms with van der Waals surface area (Å²) in [7, 11) is 1.70. The number of rotatable bonds is 4. The smallest absolute Gasteiger partial charge is 0.0896 e. The van der Waals surface area contributed by atoms with Crippen LogP contribution < -0.4 is 5.32 Å². The molecular formula is C17H27BrN2O. The van der Waals surface area contributed by atoms with Crippen molar-refractivity contribution in [1.82, 2.24) is 4.98 Å². The van der Waals surface area contributed by atoms with E-state index in [4.69, 9.17) is 4.74 Å². The van der Waals surface area contributed by atoms with Crippen molar-refractivity contribution in [3.05, 3.63) is 22.4 Å². The molecule has 1 aliphatic carbocycles. The molecule has 0 bridgehead atoms. The number of hydrogen-bond acceptors (Lipinski definition) is 3. The Hall–Kier alpha value is -0.610. The first kappa shape index (κ1) is 16.8. The average molecular weight is 355 g/mol. The summed E-state index contributed by atoms with van der Waals surface area (Å²) in [6.07, 6.45) is 6.97. The minimum Gasteiger partial charge on any atom is -0.381 e. The number of methoxy groups -OCH3 is 1. The summed E-state index contributed by atoms with van der Waals surface area (Å²) in [6, 6.07) is 2.61. The van der Waals surface area contributed by atoms with E-state index in [2.05, 4.69) is 47.0 Å². The highest BCUT2D eigenvalue weighted by molar-refractivity contribution is 9.10. The first-order valence-electron chi connectivity index (χ1n) is 7.80. The summed E-state index contributed by atoms with van der Waals surface area (Å²) in [5, 5.41) is 3.68. The number of pyridine rings is 1. The maximum absolute atomic E-state index is 5.18. The monoisotopic (exact) mass is 354 g/mol. The van der Waals surface area contributed by atoms with Gasteiger partial charge in [0.15, 0.2) is 0 Å². The van der Waals surface area contributed by atoms with Crippen LogP contribution in [-0.4, -0.2) is 18.1 Å². The minimum absolute atomic E-state index is 0.438. The van der Waals surface area contributed by atoms with E-state index in [-0.39, 0.29) is 0 Å². The van der Waals surface area contributed by atoms with E-state index in [0.717, 1.165) is 21.8 Å². The zero-order chi connectivity index (χ0) is 15.5. The normalized spacial score (nSPS) is 23.1. The number of hydrogen-bond donors (Lipinski definition) is 1. The second kappa shape index (κ2) is 7.10. The molecule has 1 saturated carbocycles. The number of nitrogens with one attached hydrogen (secondary N) is 1. The van der Waals surface area contributed by atoms with Crippen LogP contribution in [-0.2, 0) is 11.3 Å². The van der Waals surface area contributed by atoms with Crippen LogP contribution >= 0.6 is 15.9 Å². The number of halogens is 1. The Bertz CT molecular complexity index is 462. The number of ether oxygens (including phenoxy) is 1. The predicted molar refractivity (Wildman–Crippen MR) is 91.5 cm³/mol. The molecule has 1 fully saturated rings. The molecule has 1 N–H and O–H groups in total. The van der Waals surface area contributed by atoms with E-state index in [1.807, 2.05) is 12.3 Å². The molecule has 1 aromatic heterocycles. The molecule has 0 radical (unpaired) electrons. The third-order valence-corrected chi connectivity index (χ3v) is 5.44. The van der Waals surface area contributed by atoms with E-state index in [9.17, 15) is 0 Å². The van der Waals surface area contributed by atoms with Crippen molar-refractivity contribution in [1.29, 1.82) is 0 Å². The van der Waals surface area contributed by atoms with E-state index >= 15 is 0 Å². The van der Waals surface area contributed by atoms with Crippen molar-refractivity contribution in [3.8, 4) is 0 Å². The average Bonchev–Trinajstić information content (AvgIpc) is 2.43. The molecule has 1 aliphatic rings. The van der Waals surface area contributed by atoms with Gasteiger partial charge in [-0.3, -0.25) is 4.98 Å². The van der Waals surface area contributed by atoms with Gasteiger partial charge in [-0.15, -0.1) is 0 Å². The molecule has 3 nitrogen and oxygen atoms in total. The van der Waals surface area contributed by atoms with Gasteiger partial charge in [0.05, 0.1) is 22.5 Å². The maximum atomic E-state index is 5.18. The van der Waals surface area contributed by atoms with Gasteiger partial charge in [-0.05, 0) is 59.0 Å². The summed E-state index contributed by atoms with van der Waals surface area (Å²) in [4.78, 5) is 4.35. The molecular weight excluding hydrogens is 328 g/mol. The van der Waals surface area contributed by atoms with Crippen molar-refractivity contribution in [2.45, 2.75) is 59.1 Å². The zero-order valence-corrected chi connectivity index (χ0v) is 15.2.